The second-order valence-electron chi connectivity index (χ2n) is 5.19. The van der Waals surface area contributed by atoms with E-state index in [0.29, 0.717) is 32.2 Å². The van der Waals surface area contributed by atoms with E-state index >= 15 is 0 Å². The molecule has 140 valence electrons. The van der Waals surface area contributed by atoms with Gasteiger partial charge in [-0.25, -0.2) is 4.79 Å². The Kier molecular flexibility index (Phi) is 12.4. The lowest BCUT2D eigenvalue weighted by atomic mass is 10.1. The van der Waals surface area contributed by atoms with Crippen molar-refractivity contribution in [1.82, 2.24) is 15.5 Å². The molecule has 1 fully saturated rings. The molecule has 1 aliphatic rings. The van der Waals surface area contributed by atoms with Gasteiger partial charge in [0.25, 0.3) is 0 Å². The van der Waals surface area contributed by atoms with Gasteiger partial charge in [-0.05, 0) is 26.7 Å². The molecule has 0 spiro atoms. The molecule has 1 rings (SSSR count). The van der Waals surface area contributed by atoms with Crippen molar-refractivity contribution in [3.8, 4) is 0 Å². The van der Waals surface area contributed by atoms with Crippen molar-refractivity contribution >= 4 is 42.0 Å². The van der Waals surface area contributed by atoms with Gasteiger partial charge in [-0.15, -0.1) is 24.0 Å². The van der Waals surface area contributed by atoms with E-state index in [4.69, 9.17) is 4.74 Å². The second-order valence-corrected chi connectivity index (χ2v) is 5.19. The summed E-state index contributed by atoms with van der Waals surface area (Å²) < 4.78 is 9.61. The zero-order valence-electron chi connectivity index (χ0n) is 14.7. The summed E-state index contributed by atoms with van der Waals surface area (Å²) in [7, 11) is 1.37. The summed E-state index contributed by atoms with van der Waals surface area (Å²) in [6, 6.07) is 0.247. The third-order valence-electron chi connectivity index (χ3n) is 3.52. The normalized spacial score (nSPS) is 15.3. The van der Waals surface area contributed by atoms with E-state index in [1.165, 1.54) is 7.11 Å². The summed E-state index contributed by atoms with van der Waals surface area (Å²) in [4.78, 5) is 28.9. The number of rotatable bonds is 6. The van der Waals surface area contributed by atoms with Crippen LogP contribution in [0, 0.1) is 0 Å². The number of hydrogen-bond acceptors (Lipinski definition) is 5. The molecule has 1 aliphatic heterocycles. The van der Waals surface area contributed by atoms with E-state index in [1.54, 1.807) is 11.8 Å². The van der Waals surface area contributed by atoms with Crippen LogP contribution in [-0.4, -0.2) is 68.9 Å². The van der Waals surface area contributed by atoms with E-state index in [9.17, 15) is 9.59 Å². The van der Waals surface area contributed by atoms with Gasteiger partial charge in [0.15, 0.2) is 5.96 Å². The molecule has 1 heterocycles. The summed E-state index contributed by atoms with van der Waals surface area (Å²) >= 11 is 0. The molecule has 0 radical (unpaired) electrons. The van der Waals surface area contributed by atoms with E-state index in [-0.39, 0.29) is 48.5 Å². The Labute approximate surface area is 160 Å². The molecule has 0 aromatic heterocycles. The average Bonchev–Trinajstić information content (AvgIpc) is 2.55. The average molecular weight is 456 g/mol. The third kappa shape index (κ3) is 8.55. The minimum atomic E-state index is -0.271. The molecule has 0 unspecified atom stereocenters. The van der Waals surface area contributed by atoms with Crippen LogP contribution >= 0.6 is 24.0 Å². The Morgan fingerprint density at radius 1 is 1.25 bits per heavy atom. The van der Waals surface area contributed by atoms with Crippen LogP contribution in [0.25, 0.3) is 0 Å². The van der Waals surface area contributed by atoms with Crippen LogP contribution in [0.2, 0.25) is 0 Å². The number of nitrogens with one attached hydrogen (secondary N) is 2. The lowest BCUT2D eigenvalue weighted by molar-refractivity contribution is -0.140. The lowest BCUT2D eigenvalue weighted by Gasteiger charge is -2.32. The van der Waals surface area contributed by atoms with Crippen LogP contribution in [0.1, 0.15) is 33.1 Å². The van der Waals surface area contributed by atoms with E-state index in [0.717, 1.165) is 19.4 Å². The van der Waals surface area contributed by atoms with Crippen molar-refractivity contribution < 1.29 is 19.1 Å². The van der Waals surface area contributed by atoms with Gasteiger partial charge in [0.2, 0.25) is 0 Å². The summed E-state index contributed by atoms with van der Waals surface area (Å²) in [5.41, 5.74) is 0. The van der Waals surface area contributed by atoms with Gasteiger partial charge in [0.1, 0.15) is 0 Å². The standard InChI is InChI=1S/C15H28N4O4.HI/c1-4-16-14(17-9-6-13(20)22-3)18-12-7-10-19(11-8-12)15(21)23-5-2;/h12H,4-11H2,1-3H3,(H2,16,17,18);1H. The molecule has 0 aromatic rings. The van der Waals surface area contributed by atoms with E-state index < -0.39 is 0 Å². The first-order valence-corrected chi connectivity index (χ1v) is 8.14. The van der Waals surface area contributed by atoms with Crippen LogP contribution in [0.15, 0.2) is 4.99 Å². The third-order valence-corrected chi connectivity index (χ3v) is 3.52. The number of piperidine rings is 1. The highest BCUT2D eigenvalue weighted by Gasteiger charge is 2.23. The van der Waals surface area contributed by atoms with Crippen molar-refractivity contribution in [3.63, 3.8) is 0 Å². The highest BCUT2D eigenvalue weighted by molar-refractivity contribution is 14.0. The van der Waals surface area contributed by atoms with Gasteiger partial charge in [-0.3, -0.25) is 9.79 Å². The maximum atomic E-state index is 11.7. The molecule has 1 saturated heterocycles. The molecule has 0 aliphatic carbocycles. The molecule has 0 saturated carbocycles. The second kappa shape index (κ2) is 13.1. The van der Waals surface area contributed by atoms with E-state index in [2.05, 4.69) is 20.4 Å². The fraction of sp³-hybridized carbons (Fsp3) is 0.800. The molecule has 1 amide bonds. The van der Waals surface area contributed by atoms with Crippen molar-refractivity contribution in [2.45, 2.75) is 39.2 Å². The molecule has 2 N–H and O–H groups in total. The molecule has 0 aromatic carbocycles. The van der Waals surface area contributed by atoms with Gasteiger partial charge < -0.3 is 25.0 Å². The summed E-state index contributed by atoms with van der Waals surface area (Å²) in [6.07, 6.45) is 1.68. The summed E-state index contributed by atoms with van der Waals surface area (Å²) in [5.74, 6) is 0.415. The highest BCUT2D eigenvalue weighted by Crippen LogP contribution is 2.11. The first-order valence-electron chi connectivity index (χ1n) is 8.14. The minimum Gasteiger partial charge on any atom is -0.469 e. The Balaban J connectivity index is 0.00000529. The van der Waals surface area contributed by atoms with Gasteiger partial charge >= 0.3 is 12.1 Å². The number of esters is 1. The minimum absolute atomic E-state index is 0. The van der Waals surface area contributed by atoms with Crippen LogP contribution in [-0.2, 0) is 14.3 Å². The molecule has 8 nitrogen and oxygen atoms in total. The van der Waals surface area contributed by atoms with Crippen LogP contribution < -0.4 is 10.6 Å². The molecule has 9 heteroatoms. The number of aliphatic imine (C=N–C) groups is 1. The highest BCUT2D eigenvalue weighted by atomic mass is 127. The lowest BCUT2D eigenvalue weighted by Crippen LogP contribution is -2.50. The number of carbonyl (C=O) groups excluding carboxylic acids is 2. The number of amides is 1. The number of nitrogens with zero attached hydrogens (tertiary/aromatic N) is 2. The number of guanidine groups is 1. The SMILES string of the molecule is CCNC(=NCCC(=O)OC)NC1CCN(C(=O)OCC)CC1.I. The fourth-order valence-corrected chi connectivity index (χ4v) is 2.30. The van der Waals surface area contributed by atoms with Crippen molar-refractivity contribution in [2.75, 3.05) is 39.9 Å². The maximum absolute atomic E-state index is 11.7. The number of methoxy groups -OCH3 is 1. The van der Waals surface area contributed by atoms with Crippen molar-refractivity contribution in [2.24, 2.45) is 4.99 Å². The monoisotopic (exact) mass is 456 g/mol. The summed E-state index contributed by atoms with van der Waals surface area (Å²) in [6.45, 7) is 6.64. The first kappa shape index (κ1) is 22.7. The van der Waals surface area contributed by atoms with Gasteiger partial charge in [-0.1, -0.05) is 0 Å². The van der Waals surface area contributed by atoms with Gasteiger partial charge in [0.05, 0.1) is 26.7 Å². The predicted molar refractivity (Wildman–Crippen MR) is 103 cm³/mol. The molecular weight excluding hydrogens is 427 g/mol. The quantitative estimate of drug-likeness (QED) is 0.271. The summed E-state index contributed by atoms with van der Waals surface area (Å²) in [5, 5.41) is 6.51. The molecule has 0 bridgehead atoms. The number of ether oxygens (including phenoxy) is 2. The molecular formula is C15H29IN4O4. The number of likely N-dealkylation sites (tertiary alicyclic amines) is 1. The van der Waals surface area contributed by atoms with E-state index in [1.807, 2.05) is 6.92 Å². The van der Waals surface area contributed by atoms with Crippen LogP contribution in [0.5, 0.6) is 0 Å². The Morgan fingerprint density at radius 3 is 2.46 bits per heavy atom. The van der Waals surface area contributed by atoms with Gasteiger partial charge in [0, 0.05) is 25.7 Å². The number of halogens is 1. The Bertz CT molecular complexity index is 412. The van der Waals surface area contributed by atoms with Crippen molar-refractivity contribution in [1.29, 1.82) is 0 Å². The number of hydrogen-bond donors (Lipinski definition) is 2. The zero-order chi connectivity index (χ0) is 17.1. The Morgan fingerprint density at radius 2 is 1.92 bits per heavy atom. The first-order chi connectivity index (χ1) is 11.1. The predicted octanol–water partition coefficient (Wildman–Crippen LogP) is 1.34. The zero-order valence-corrected chi connectivity index (χ0v) is 17.0. The van der Waals surface area contributed by atoms with Crippen LogP contribution in [0.4, 0.5) is 4.79 Å². The Hall–Kier alpha value is -1.26. The fourth-order valence-electron chi connectivity index (χ4n) is 2.30. The topological polar surface area (TPSA) is 92.3 Å². The maximum Gasteiger partial charge on any atom is 0.409 e. The largest absolute Gasteiger partial charge is 0.469 e. The number of carbonyl (C=O) groups is 2. The smallest absolute Gasteiger partial charge is 0.409 e. The van der Waals surface area contributed by atoms with Gasteiger partial charge in [-0.2, -0.15) is 0 Å². The molecule has 24 heavy (non-hydrogen) atoms. The molecule has 0 atom stereocenters. The van der Waals surface area contributed by atoms with Crippen molar-refractivity contribution in [3.05, 3.63) is 0 Å². The van der Waals surface area contributed by atoms with Crippen LogP contribution in [0.3, 0.4) is 0 Å².